The molecule has 1 aromatic carbocycles. The average Bonchev–Trinajstić information content (AvgIpc) is 2.13. The quantitative estimate of drug-likeness (QED) is 0.895. The summed E-state index contributed by atoms with van der Waals surface area (Å²) in [6.45, 7) is 8.75. The largest absolute Gasteiger partial charge is 0.389 e. The van der Waals surface area contributed by atoms with E-state index in [-0.39, 0.29) is 5.54 Å². The SMILES string of the molecule is CC(O)(CNC(C)(C)C)Cc1cccc(Br)c1. The molecule has 0 bridgehead atoms. The molecule has 0 aliphatic rings. The molecule has 0 aliphatic heterocycles. The van der Waals surface area contributed by atoms with Crippen LogP contribution in [-0.2, 0) is 6.42 Å². The van der Waals surface area contributed by atoms with Gasteiger partial charge in [-0.15, -0.1) is 0 Å². The number of nitrogens with one attached hydrogen (secondary N) is 1. The maximum Gasteiger partial charge on any atom is 0.0783 e. The molecule has 1 aromatic rings. The Labute approximate surface area is 113 Å². The van der Waals surface area contributed by atoms with Crippen molar-refractivity contribution in [1.82, 2.24) is 5.32 Å². The minimum atomic E-state index is -0.728. The minimum absolute atomic E-state index is 0.0290. The van der Waals surface area contributed by atoms with Crippen molar-refractivity contribution in [1.29, 1.82) is 0 Å². The van der Waals surface area contributed by atoms with Crippen LogP contribution in [0.4, 0.5) is 0 Å². The van der Waals surface area contributed by atoms with E-state index >= 15 is 0 Å². The first-order chi connectivity index (χ1) is 7.68. The van der Waals surface area contributed by atoms with Gasteiger partial charge in [0.1, 0.15) is 0 Å². The van der Waals surface area contributed by atoms with Gasteiger partial charge in [0.05, 0.1) is 5.60 Å². The molecule has 0 heterocycles. The maximum absolute atomic E-state index is 10.3. The first-order valence-corrected chi connectivity index (χ1v) is 6.69. The molecule has 2 N–H and O–H groups in total. The predicted octanol–water partition coefficient (Wildman–Crippen LogP) is 3.13. The highest BCUT2D eigenvalue weighted by molar-refractivity contribution is 9.10. The molecule has 0 spiro atoms. The molecule has 1 atom stereocenters. The van der Waals surface area contributed by atoms with Crippen LogP contribution >= 0.6 is 15.9 Å². The molecule has 0 aromatic heterocycles. The van der Waals surface area contributed by atoms with Crippen LogP contribution in [-0.4, -0.2) is 22.8 Å². The number of hydrogen-bond acceptors (Lipinski definition) is 2. The van der Waals surface area contributed by atoms with Crippen LogP contribution in [0.2, 0.25) is 0 Å². The average molecular weight is 300 g/mol. The number of aliphatic hydroxyl groups is 1. The molecular formula is C14H22BrNO. The molecule has 17 heavy (non-hydrogen) atoms. The lowest BCUT2D eigenvalue weighted by Crippen LogP contribution is -2.47. The number of β-amino-alcohol motifs (C(OH)–C–C–N with tert-alkyl or cyclic N) is 1. The van der Waals surface area contributed by atoms with Gasteiger partial charge in [0, 0.05) is 23.0 Å². The summed E-state index contributed by atoms with van der Waals surface area (Å²) < 4.78 is 1.05. The molecule has 0 fully saturated rings. The van der Waals surface area contributed by atoms with Crippen molar-refractivity contribution in [2.45, 2.75) is 45.3 Å². The van der Waals surface area contributed by atoms with Crippen LogP contribution in [0.5, 0.6) is 0 Å². The highest BCUT2D eigenvalue weighted by Gasteiger charge is 2.23. The second-order valence-electron chi connectivity index (χ2n) is 5.91. The smallest absolute Gasteiger partial charge is 0.0783 e. The molecule has 3 heteroatoms. The Balaban J connectivity index is 2.60. The van der Waals surface area contributed by atoms with Gasteiger partial charge in [0.25, 0.3) is 0 Å². The van der Waals surface area contributed by atoms with Crippen molar-refractivity contribution in [2.75, 3.05) is 6.54 Å². The predicted molar refractivity (Wildman–Crippen MR) is 76.2 cm³/mol. The fraction of sp³-hybridized carbons (Fsp3) is 0.571. The van der Waals surface area contributed by atoms with Gasteiger partial charge in [0.2, 0.25) is 0 Å². The first kappa shape index (κ1) is 14.7. The second-order valence-corrected chi connectivity index (χ2v) is 6.82. The van der Waals surface area contributed by atoms with Crippen LogP contribution in [0.25, 0.3) is 0 Å². The number of hydrogen-bond donors (Lipinski definition) is 2. The van der Waals surface area contributed by atoms with Gasteiger partial charge in [-0.2, -0.15) is 0 Å². The summed E-state index contributed by atoms with van der Waals surface area (Å²) >= 11 is 3.44. The van der Waals surface area contributed by atoms with Crippen molar-refractivity contribution in [3.63, 3.8) is 0 Å². The molecular weight excluding hydrogens is 278 g/mol. The van der Waals surface area contributed by atoms with E-state index in [1.807, 2.05) is 31.2 Å². The molecule has 96 valence electrons. The number of halogens is 1. The monoisotopic (exact) mass is 299 g/mol. The number of benzene rings is 1. The van der Waals surface area contributed by atoms with Gasteiger partial charge in [-0.3, -0.25) is 0 Å². The van der Waals surface area contributed by atoms with E-state index in [4.69, 9.17) is 0 Å². The standard InChI is InChI=1S/C14H22BrNO/c1-13(2,3)16-10-14(4,17)9-11-6-5-7-12(15)8-11/h5-8,16-17H,9-10H2,1-4H3. The Morgan fingerprint density at radius 2 is 1.88 bits per heavy atom. The zero-order valence-corrected chi connectivity index (χ0v) is 12.6. The van der Waals surface area contributed by atoms with Crippen molar-refractivity contribution in [3.05, 3.63) is 34.3 Å². The molecule has 1 rings (SSSR count). The summed E-state index contributed by atoms with van der Waals surface area (Å²) in [5.41, 5.74) is 0.440. The third-order valence-corrected chi connectivity index (χ3v) is 2.97. The summed E-state index contributed by atoms with van der Waals surface area (Å²) in [6.07, 6.45) is 0.648. The van der Waals surface area contributed by atoms with E-state index in [1.165, 1.54) is 0 Å². The second kappa shape index (κ2) is 5.51. The highest BCUT2D eigenvalue weighted by Crippen LogP contribution is 2.17. The lowest BCUT2D eigenvalue weighted by Gasteiger charge is -2.29. The van der Waals surface area contributed by atoms with E-state index < -0.39 is 5.60 Å². The van der Waals surface area contributed by atoms with Gasteiger partial charge in [-0.05, 0) is 45.4 Å². The topological polar surface area (TPSA) is 32.3 Å². The summed E-state index contributed by atoms with van der Waals surface area (Å²) in [6, 6.07) is 8.07. The third kappa shape index (κ3) is 6.20. The molecule has 0 saturated carbocycles. The van der Waals surface area contributed by atoms with Crippen LogP contribution in [0.1, 0.15) is 33.3 Å². The molecule has 2 nitrogen and oxygen atoms in total. The van der Waals surface area contributed by atoms with E-state index in [0.29, 0.717) is 13.0 Å². The molecule has 1 unspecified atom stereocenters. The van der Waals surface area contributed by atoms with Crippen molar-refractivity contribution in [2.24, 2.45) is 0 Å². The Kier molecular flexibility index (Phi) is 4.76. The van der Waals surface area contributed by atoms with E-state index in [9.17, 15) is 5.11 Å². The lowest BCUT2D eigenvalue weighted by molar-refractivity contribution is 0.0535. The fourth-order valence-electron chi connectivity index (χ4n) is 1.60. The zero-order chi connectivity index (χ0) is 13.1. The van der Waals surface area contributed by atoms with Crippen molar-refractivity contribution < 1.29 is 5.11 Å². The summed E-state index contributed by atoms with van der Waals surface area (Å²) in [4.78, 5) is 0. The Morgan fingerprint density at radius 1 is 1.24 bits per heavy atom. The first-order valence-electron chi connectivity index (χ1n) is 5.90. The van der Waals surface area contributed by atoms with Gasteiger partial charge < -0.3 is 10.4 Å². The lowest BCUT2D eigenvalue weighted by atomic mass is 9.95. The van der Waals surface area contributed by atoms with Crippen LogP contribution < -0.4 is 5.32 Å². The summed E-state index contributed by atoms with van der Waals surface area (Å²) in [7, 11) is 0. The number of rotatable bonds is 4. The van der Waals surface area contributed by atoms with Gasteiger partial charge in [-0.1, -0.05) is 28.1 Å². The Bertz CT molecular complexity index is 369. The normalized spacial score (nSPS) is 15.6. The minimum Gasteiger partial charge on any atom is -0.389 e. The molecule has 0 amide bonds. The van der Waals surface area contributed by atoms with E-state index in [1.54, 1.807) is 0 Å². The zero-order valence-electron chi connectivity index (χ0n) is 11.0. The molecule has 0 saturated heterocycles. The fourth-order valence-corrected chi connectivity index (χ4v) is 2.05. The van der Waals surface area contributed by atoms with Crippen molar-refractivity contribution >= 4 is 15.9 Å². The van der Waals surface area contributed by atoms with Gasteiger partial charge in [-0.25, -0.2) is 0 Å². The molecule has 0 aliphatic carbocycles. The molecule has 0 radical (unpaired) electrons. The van der Waals surface area contributed by atoms with Crippen molar-refractivity contribution in [3.8, 4) is 0 Å². The van der Waals surface area contributed by atoms with Gasteiger partial charge >= 0.3 is 0 Å². The Hall–Kier alpha value is -0.380. The van der Waals surface area contributed by atoms with Gasteiger partial charge in [0.15, 0.2) is 0 Å². The van der Waals surface area contributed by atoms with Crippen LogP contribution in [0, 0.1) is 0 Å². The van der Waals surface area contributed by atoms with Crippen LogP contribution in [0.3, 0.4) is 0 Å². The van der Waals surface area contributed by atoms with Crippen LogP contribution in [0.15, 0.2) is 28.7 Å². The van der Waals surface area contributed by atoms with E-state index in [2.05, 4.69) is 42.0 Å². The Morgan fingerprint density at radius 3 is 2.41 bits per heavy atom. The van der Waals surface area contributed by atoms with E-state index in [0.717, 1.165) is 10.0 Å². The summed E-state index contributed by atoms with van der Waals surface area (Å²) in [5, 5.41) is 13.7. The highest BCUT2D eigenvalue weighted by atomic mass is 79.9. The summed E-state index contributed by atoms with van der Waals surface area (Å²) in [5.74, 6) is 0. The third-order valence-electron chi connectivity index (χ3n) is 2.47. The maximum atomic E-state index is 10.3.